The van der Waals surface area contributed by atoms with Gasteiger partial charge in [-0.05, 0) is 24.1 Å². The highest BCUT2D eigenvalue weighted by molar-refractivity contribution is 5.87. The summed E-state index contributed by atoms with van der Waals surface area (Å²) < 4.78 is 0. The van der Waals surface area contributed by atoms with Crippen LogP contribution in [0.25, 0.3) is 0 Å². The normalized spacial score (nSPS) is 9.89. The summed E-state index contributed by atoms with van der Waals surface area (Å²) in [4.78, 5) is 23.8. The molecule has 0 aromatic heterocycles. The highest BCUT2D eigenvalue weighted by atomic mass is 16.4. The number of benzene rings is 1. The molecule has 1 rings (SSSR count). The Balaban J connectivity index is 2.56. The zero-order valence-electron chi connectivity index (χ0n) is 10.6. The van der Waals surface area contributed by atoms with Gasteiger partial charge < -0.3 is 15.3 Å². The predicted octanol–water partition coefficient (Wildman–Crippen LogP) is 1.94. The molecule has 2 amide bonds. The fraction of sp³-hybridized carbons (Fsp3) is 0.385. The zero-order valence-corrected chi connectivity index (χ0v) is 10.6. The first-order chi connectivity index (χ1) is 8.54. The molecule has 0 bridgehead atoms. The van der Waals surface area contributed by atoms with Crippen LogP contribution in [0.2, 0.25) is 0 Å². The van der Waals surface area contributed by atoms with Gasteiger partial charge in [-0.25, -0.2) is 9.59 Å². The van der Waals surface area contributed by atoms with E-state index in [-0.39, 0.29) is 11.6 Å². The fourth-order valence-corrected chi connectivity index (χ4v) is 1.47. The lowest BCUT2D eigenvalue weighted by Gasteiger charge is -2.17. The van der Waals surface area contributed by atoms with Gasteiger partial charge in [-0.1, -0.05) is 19.1 Å². The molecular weight excluding hydrogens is 232 g/mol. The molecule has 1 aromatic carbocycles. The molecule has 0 atom stereocenters. The number of carbonyl (C=O) groups excluding carboxylic acids is 1. The quantitative estimate of drug-likeness (QED) is 0.839. The Hall–Kier alpha value is -2.04. The van der Waals surface area contributed by atoms with Crippen LogP contribution in [-0.2, 0) is 6.54 Å². The Bertz CT molecular complexity index is 415. The van der Waals surface area contributed by atoms with Crippen molar-refractivity contribution in [1.29, 1.82) is 0 Å². The lowest BCUT2D eigenvalue weighted by atomic mass is 10.1. The lowest BCUT2D eigenvalue weighted by molar-refractivity contribution is 0.0697. The molecule has 1 aromatic rings. The van der Waals surface area contributed by atoms with E-state index in [1.54, 1.807) is 24.1 Å². The van der Waals surface area contributed by atoms with Crippen molar-refractivity contribution in [2.75, 3.05) is 13.6 Å². The molecule has 5 heteroatoms. The molecule has 18 heavy (non-hydrogen) atoms. The van der Waals surface area contributed by atoms with Crippen molar-refractivity contribution < 1.29 is 14.7 Å². The summed E-state index contributed by atoms with van der Waals surface area (Å²) in [5, 5.41) is 11.5. The third-order valence-electron chi connectivity index (χ3n) is 2.49. The topological polar surface area (TPSA) is 69.6 Å². The molecule has 0 fully saturated rings. The minimum atomic E-state index is -0.949. The van der Waals surface area contributed by atoms with Gasteiger partial charge in [0, 0.05) is 20.1 Å². The van der Waals surface area contributed by atoms with E-state index in [4.69, 9.17) is 5.11 Å². The van der Waals surface area contributed by atoms with Crippen LogP contribution in [0, 0.1) is 0 Å². The van der Waals surface area contributed by atoms with Gasteiger partial charge in [0.15, 0.2) is 0 Å². The van der Waals surface area contributed by atoms with Gasteiger partial charge >= 0.3 is 12.0 Å². The molecule has 0 aliphatic heterocycles. The number of hydrogen-bond donors (Lipinski definition) is 2. The summed E-state index contributed by atoms with van der Waals surface area (Å²) in [5.74, 6) is -0.949. The molecule has 0 aliphatic carbocycles. The third kappa shape index (κ3) is 4.08. The second-order valence-electron chi connectivity index (χ2n) is 4.09. The number of hydrogen-bond acceptors (Lipinski definition) is 2. The molecule has 0 unspecified atom stereocenters. The second-order valence-corrected chi connectivity index (χ2v) is 4.09. The van der Waals surface area contributed by atoms with Crippen molar-refractivity contribution in [2.24, 2.45) is 0 Å². The monoisotopic (exact) mass is 250 g/mol. The number of carbonyl (C=O) groups is 2. The first-order valence-corrected chi connectivity index (χ1v) is 5.85. The Kier molecular flexibility index (Phi) is 5.17. The minimum Gasteiger partial charge on any atom is -0.478 e. The Morgan fingerprint density at radius 3 is 2.39 bits per heavy atom. The van der Waals surface area contributed by atoms with Gasteiger partial charge in [0.05, 0.1) is 5.56 Å². The van der Waals surface area contributed by atoms with Crippen LogP contribution in [0.15, 0.2) is 24.3 Å². The highest BCUT2D eigenvalue weighted by Crippen LogP contribution is 2.07. The SMILES string of the molecule is CCCNC(=O)N(C)Cc1ccc(C(=O)O)cc1. The molecule has 0 spiro atoms. The van der Waals surface area contributed by atoms with E-state index in [0.29, 0.717) is 13.1 Å². The van der Waals surface area contributed by atoms with Crippen LogP contribution < -0.4 is 5.32 Å². The first kappa shape index (κ1) is 14.0. The van der Waals surface area contributed by atoms with Crippen molar-refractivity contribution in [3.8, 4) is 0 Å². The van der Waals surface area contributed by atoms with Gasteiger partial charge in [0.1, 0.15) is 0 Å². The summed E-state index contributed by atoms with van der Waals surface area (Å²) in [6.07, 6.45) is 0.896. The van der Waals surface area contributed by atoms with E-state index >= 15 is 0 Å². The molecule has 0 saturated carbocycles. The van der Waals surface area contributed by atoms with Crippen molar-refractivity contribution in [2.45, 2.75) is 19.9 Å². The Labute approximate surface area is 106 Å². The van der Waals surface area contributed by atoms with Crippen LogP contribution in [0.5, 0.6) is 0 Å². The molecule has 0 heterocycles. The number of amides is 2. The van der Waals surface area contributed by atoms with Crippen LogP contribution in [0.4, 0.5) is 4.79 Å². The number of urea groups is 1. The van der Waals surface area contributed by atoms with Crippen LogP contribution in [0.3, 0.4) is 0 Å². The predicted molar refractivity (Wildman–Crippen MR) is 68.6 cm³/mol. The molecule has 0 aliphatic rings. The fourth-order valence-electron chi connectivity index (χ4n) is 1.47. The van der Waals surface area contributed by atoms with Crippen molar-refractivity contribution in [1.82, 2.24) is 10.2 Å². The Morgan fingerprint density at radius 2 is 1.89 bits per heavy atom. The number of aromatic carboxylic acids is 1. The largest absolute Gasteiger partial charge is 0.478 e. The maximum Gasteiger partial charge on any atom is 0.335 e. The van der Waals surface area contributed by atoms with Crippen molar-refractivity contribution in [3.63, 3.8) is 0 Å². The molecular formula is C13H18N2O3. The number of nitrogens with one attached hydrogen (secondary N) is 1. The number of carboxylic acids is 1. The van der Waals surface area contributed by atoms with Gasteiger partial charge in [-0.2, -0.15) is 0 Å². The van der Waals surface area contributed by atoms with Gasteiger partial charge in [0.2, 0.25) is 0 Å². The van der Waals surface area contributed by atoms with E-state index < -0.39 is 5.97 Å². The van der Waals surface area contributed by atoms with Crippen molar-refractivity contribution >= 4 is 12.0 Å². The van der Waals surface area contributed by atoms with E-state index in [1.165, 1.54) is 12.1 Å². The summed E-state index contributed by atoms with van der Waals surface area (Å²) in [6, 6.07) is 6.38. The standard InChI is InChI=1S/C13H18N2O3/c1-3-8-14-13(18)15(2)9-10-4-6-11(7-5-10)12(16)17/h4-7H,3,8-9H2,1-2H3,(H,14,18)(H,16,17). The van der Waals surface area contributed by atoms with Crippen molar-refractivity contribution in [3.05, 3.63) is 35.4 Å². The van der Waals surface area contributed by atoms with Crippen LogP contribution in [-0.4, -0.2) is 35.6 Å². The Morgan fingerprint density at radius 1 is 1.28 bits per heavy atom. The average Bonchev–Trinajstić information content (AvgIpc) is 2.36. The smallest absolute Gasteiger partial charge is 0.335 e. The zero-order chi connectivity index (χ0) is 13.5. The van der Waals surface area contributed by atoms with E-state index in [1.807, 2.05) is 6.92 Å². The first-order valence-electron chi connectivity index (χ1n) is 5.85. The maximum absolute atomic E-state index is 11.6. The van der Waals surface area contributed by atoms with Gasteiger partial charge in [-0.3, -0.25) is 0 Å². The molecule has 0 radical (unpaired) electrons. The van der Waals surface area contributed by atoms with Gasteiger partial charge in [-0.15, -0.1) is 0 Å². The van der Waals surface area contributed by atoms with Crippen LogP contribution in [0.1, 0.15) is 29.3 Å². The average molecular weight is 250 g/mol. The number of carboxylic acid groups (broad SMARTS) is 1. The summed E-state index contributed by atoms with van der Waals surface area (Å²) in [5.41, 5.74) is 1.14. The minimum absolute atomic E-state index is 0.126. The molecule has 0 saturated heterocycles. The second kappa shape index (κ2) is 6.64. The summed E-state index contributed by atoms with van der Waals surface area (Å²) >= 11 is 0. The highest BCUT2D eigenvalue weighted by Gasteiger charge is 2.08. The molecule has 98 valence electrons. The summed E-state index contributed by atoms with van der Waals surface area (Å²) in [6.45, 7) is 3.10. The van der Waals surface area contributed by atoms with E-state index in [0.717, 1.165) is 12.0 Å². The molecule has 2 N–H and O–H groups in total. The molecule has 5 nitrogen and oxygen atoms in total. The van der Waals surface area contributed by atoms with E-state index in [9.17, 15) is 9.59 Å². The number of nitrogens with zero attached hydrogens (tertiary/aromatic N) is 1. The van der Waals surface area contributed by atoms with Crippen LogP contribution >= 0.6 is 0 Å². The summed E-state index contributed by atoms with van der Waals surface area (Å²) in [7, 11) is 1.70. The maximum atomic E-state index is 11.6. The third-order valence-corrected chi connectivity index (χ3v) is 2.49. The number of rotatable bonds is 5. The van der Waals surface area contributed by atoms with E-state index in [2.05, 4.69) is 5.32 Å². The van der Waals surface area contributed by atoms with Gasteiger partial charge in [0.25, 0.3) is 0 Å². The lowest BCUT2D eigenvalue weighted by Crippen LogP contribution is -2.37.